The SMILES string of the molecule is [F-].[F-].[Li+].[Y+3]. The topological polar surface area (TPSA) is 0 Å². The molecule has 0 bridgehead atoms. The van der Waals surface area contributed by atoms with Gasteiger partial charge in [0.2, 0.25) is 0 Å². The van der Waals surface area contributed by atoms with Crippen molar-refractivity contribution < 1.29 is 61.0 Å². The molecule has 0 saturated heterocycles. The zero-order chi connectivity index (χ0) is 0. The molecule has 4 heteroatoms. The second kappa shape index (κ2) is 23.7. The summed E-state index contributed by atoms with van der Waals surface area (Å²) in [5.41, 5.74) is 0. The van der Waals surface area contributed by atoms with Gasteiger partial charge in [0.1, 0.15) is 0 Å². The zero-order valence-electron chi connectivity index (χ0n) is 2.33. The second-order valence-corrected chi connectivity index (χ2v) is 0. The van der Waals surface area contributed by atoms with Crippen LogP contribution in [0.3, 0.4) is 0 Å². The van der Waals surface area contributed by atoms with E-state index in [9.17, 15) is 0 Å². The molecule has 0 fully saturated rings. The molecule has 0 aliphatic carbocycles. The molecule has 0 aliphatic rings. The Bertz CT molecular complexity index is 6.00. The summed E-state index contributed by atoms with van der Waals surface area (Å²) >= 11 is 0. The van der Waals surface area contributed by atoms with Gasteiger partial charge in [-0.2, -0.15) is 0 Å². The average molecular weight is 134 g/mol. The predicted octanol–water partition coefficient (Wildman–Crippen LogP) is -8.99. The van der Waals surface area contributed by atoms with Crippen molar-refractivity contribution in [1.29, 1.82) is 0 Å². The van der Waals surface area contributed by atoms with Gasteiger partial charge < -0.3 is 9.41 Å². The minimum Gasteiger partial charge on any atom is -1.00 e. The number of rotatable bonds is 0. The largest absolute Gasteiger partial charge is 3.00 e. The van der Waals surface area contributed by atoms with E-state index in [-0.39, 0.29) is 61.0 Å². The average Bonchev–Trinajstić information content (AvgIpc) is 0. The Hall–Kier alpha value is 1.56. The van der Waals surface area contributed by atoms with Gasteiger partial charge in [-0.15, -0.1) is 0 Å². The van der Waals surface area contributed by atoms with Crippen LogP contribution in [0.2, 0.25) is 0 Å². The maximum Gasteiger partial charge on any atom is 3.00 e. The van der Waals surface area contributed by atoms with Gasteiger partial charge in [0.25, 0.3) is 0 Å². The van der Waals surface area contributed by atoms with Crippen LogP contribution in [-0.2, 0) is 32.7 Å². The molecule has 0 N–H and O–H groups in total. The van der Waals surface area contributed by atoms with Crippen LogP contribution in [0.1, 0.15) is 0 Å². The summed E-state index contributed by atoms with van der Waals surface area (Å²) in [6, 6.07) is 0. The molecule has 0 nitrogen and oxygen atoms in total. The molecule has 0 unspecified atom stereocenters. The van der Waals surface area contributed by atoms with Crippen molar-refractivity contribution in [3.05, 3.63) is 0 Å². The fourth-order valence-electron chi connectivity index (χ4n) is 0. The van der Waals surface area contributed by atoms with Crippen molar-refractivity contribution in [3.8, 4) is 0 Å². The van der Waals surface area contributed by atoms with Gasteiger partial charge in [-0.3, -0.25) is 0 Å². The van der Waals surface area contributed by atoms with Crippen LogP contribution in [0.25, 0.3) is 0 Å². The van der Waals surface area contributed by atoms with Crippen LogP contribution < -0.4 is 28.3 Å². The fraction of sp³-hybridized carbons (Fsp3) is 0. The van der Waals surface area contributed by atoms with Gasteiger partial charge in [-0.25, -0.2) is 0 Å². The zero-order valence-corrected chi connectivity index (χ0v) is 5.17. The van der Waals surface area contributed by atoms with Crippen LogP contribution in [0.5, 0.6) is 0 Å². The van der Waals surface area contributed by atoms with E-state index >= 15 is 0 Å². The van der Waals surface area contributed by atoms with Crippen LogP contribution in [0.4, 0.5) is 0 Å². The summed E-state index contributed by atoms with van der Waals surface area (Å²) in [6.07, 6.45) is 0. The van der Waals surface area contributed by atoms with E-state index in [1.165, 1.54) is 0 Å². The number of halogens is 2. The minimum absolute atomic E-state index is 0. The Kier molecular flexibility index (Phi) is 282. The second-order valence-electron chi connectivity index (χ2n) is 0. The fourth-order valence-corrected chi connectivity index (χ4v) is 0. The van der Waals surface area contributed by atoms with Crippen molar-refractivity contribution in [3.63, 3.8) is 0 Å². The summed E-state index contributed by atoms with van der Waals surface area (Å²) in [6.45, 7) is 0. The molecule has 0 rings (SSSR count). The van der Waals surface area contributed by atoms with Crippen LogP contribution in [-0.4, -0.2) is 0 Å². The summed E-state index contributed by atoms with van der Waals surface area (Å²) in [4.78, 5) is 0. The molecule has 0 heterocycles. The summed E-state index contributed by atoms with van der Waals surface area (Å²) in [7, 11) is 0. The molecule has 0 saturated carbocycles. The summed E-state index contributed by atoms with van der Waals surface area (Å²) in [5, 5.41) is 0. The summed E-state index contributed by atoms with van der Waals surface area (Å²) in [5.74, 6) is 0. The molecule has 0 aromatic rings. The van der Waals surface area contributed by atoms with E-state index in [2.05, 4.69) is 0 Å². The van der Waals surface area contributed by atoms with Gasteiger partial charge in [0, 0.05) is 0 Å². The first-order valence-electron chi connectivity index (χ1n) is 0. The standard InChI is InChI=1S/2FH.Li.Y/h2*1H;;/q;;+1;+3/p-2. The predicted molar refractivity (Wildman–Crippen MR) is 0 cm³/mol. The number of hydrogen-bond acceptors (Lipinski definition) is 0. The smallest absolute Gasteiger partial charge is 1.00 e. The molecular formula is F2LiY+2. The monoisotopic (exact) mass is 134 g/mol. The first-order chi connectivity index (χ1) is 0. The van der Waals surface area contributed by atoms with Gasteiger partial charge in [0.05, 0.1) is 0 Å². The van der Waals surface area contributed by atoms with Gasteiger partial charge in [0.15, 0.2) is 0 Å². The van der Waals surface area contributed by atoms with Crippen LogP contribution >= 0.6 is 0 Å². The molecule has 16 valence electrons. The Morgan fingerprint density at radius 2 is 0.750 bits per heavy atom. The van der Waals surface area contributed by atoms with Crippen molar-refractivity contribution in [2.75, 3.05) is 0 Å². The van der Waals surface area contributed by atoms with Crippen molar-refractivity contribution in [2.45, 2.75) is 0 Å². The molecule has 0 radical (unpaired) electrons. The van der Waals surface area contributed by atoms with E-state index in [1.54, 1.807) is 0 Å². The van der Waals surface area contributed by atoms with Crippen LogP contribution in [0.15, 0.2) is 0 Å². The molecule has 0 aromatic carbocycles. The Labute approximate surface area is 60.5 Å². The number of hydrogen-bond donors (Lipinski definition) is 0. The minimum atomic E-state index is 0. The first-order valence-corrected chi connectivity index (χ1v) is 0. The molecule has 0 atom stereocenters. The third kappa shape index (κ3) is 9.58. The Morgan fingerprint density at radius 3 is 0.750 bits per heavy atom. The van der Waals surface area contributed by atoms with E-state index in [4.69, 9.17) is 0 Å². The van der Waals surface area contributed by atoms with Gasteiger partial charge in [-0.05, 0) is 0 Å². The van der Waals surface area contributed by atoms with Crippen molar-refractivity contribution in [2.24, 2.45) is 0 Å². The molecular weight excluding hydrogens is 134 g/mol. The molecule has 0 aliphatic heterocycles. The Morgan fingerprint density at radius 1 is 0.750 bits per heavy atom. The molecule has 0 amide bonds. The van der Waals surface area contributed by atoms with E-state index < -0.39 is 0 Å². The maximum atomic E-state index is 0. The van der Waals surface area contributed by atoms with E-state index in [1.807, 2.05) is 0 Å². The van der Waals surface area contributed by atoms with Gasteiger partial charge in [-0.1, -0.05) is 0 Å². The van der Waals surface area contributed by atoms with Crippen molar-refractivity contribution >= 4 is 0 Å². The van der Waals surface area contributed by atoms with Crippen LogP contribution in [0, 0.1) is 0 Å². The molecule has 4 heavy (non-hydrogen) atoms. The van der Waals surface area contributed by atoms with E-state index in [0.717, 1.165) is 0 Å². The normalized spacial score (nSPS) is 0. The molecule has 0 aromatic heterocycles. The first kappa shape index (κ1) is 47.5. The quantitative estimate of drug-likeness (QED) is 0.288. The summed E-state index contributed by atoms with van der Waals surface area (Å²) < 4.78 is 0. The Balaban J connectivity index is 0. The van der Waals surface area contributed by atoms with Gasteiger partial charge >= 0.3 is 51.6 Å². The third-order valence-corrected chi connectivity index (χ3v) is 0. The molecule has 0 spiro atoms. The van der Waals surface area contributed by atoms with E-state index in [0.29, 0.717) is 0 Å². The third-order valence-electron chi connectivity index (χ3n) is 0. The maximum absolute atomic E-state index is 0. The van der Waals surface area contributed by atoms with Crippen molar-refractivity contribution in [1.82, 2.24) is 0 Å².